The number of fused-ring (bicyclic) bond motifs is 2. The summed E-state index contributed by atoms with van der Waals surface area (Å²) in [5.74, 6) is 0. The van der Waals surface area contributed by atoms with E-state index >= 15 is 0 Å². The van der Waals surface area contributed by atoms with Crippen molar-refractivity contribution in [1.29, 1.82) is 0 Å². The van der Waals surface area contributed by atoms with Gasteiger partial charge in [0.25, 0.3) is 0 Å². The van der Waals surface area contributed by atoms with Crippen LogP contribution in [0, 0.1) is 0 Å². The van der Waals surface area contributed by atoms with E-state index in [-0.39, 0.29) is 0 Å². The first-order chi connectivity index (χ1) is 18.2. The fourth-order valence-corrected chi connectivity index (χ4v) is 5.67. The van der Waals surface area contributed by atoms with E-state index in [1.54, 1.807) is 12.4 Å². The molecule has 6 aromatic rings. The zero-order chi connectivity index (χ0) is 24.8. The normalized spacial score (nSPS) is 16.6. The number of likely N-dealkylation sites (tertiary alicyclic amines) is 1. The van der Waals surface area contributed by atoms with E-state index < -0.39 is 0 Å². The van der Waals surface area contributed by atoms with Gasteiger partial charge < -0.3 is 4.57 Å². The predicted molar refractivity (Wildman–Crippen MR) is 145 cm³/mol. The summed E-state index contributed by atoms with van der Waals surface area (Å²) in [6.07, 6.45) is 10.2. The van der Waals surface area contributed by atoms with Crippen LogP contribution in [0.1, 0.15) is 24.4 Å². The highest BCUT2D eigenvalue weighted by atomic mass is 15.4. The zero-order valence-electron chi connectivity index (χ0n) is 20.7. The number of rotatable bonds is 5. The molecule has 5 heterocycles. The maximum Gasteiger partial charge on any atom is 0.113 e. The van der Waals surface area contributed by atoms with Gasteiger partial charge in [-0.25, -0.2) is 4.68 Å². The molecule has 2 aromatic carbocycles. The average Bonchev–Trinajstić information content (AvgIpc) is 3.67. The fourth-order valence-electron chi connectivity index (χ4n) is 5.67. The van der Waals surface area contributed by atoms with Crippen molar-refractivity contribution in [2.75, 3.05) is 13.1 Å². The molecule has 1 fully saturated rings. The number of nitrogens with one attached hydrogen (secondary N) is 1. The molecule has 37 heavy (non-hydrogen) atoms. The molecule has 0 bridgehead atoms. The lowest BCUT2D eigenvalue weighted by molar-refractivity contribution is 0.162. The highest BCUT2D eigenvalue weighted by Crippen LogP contribution is 2.31. The van der Waals surface area contributed by atoms with Crippen LogP contribution in [-0.2, 0) is 13.6 Å². The van der Waals surface area contributed by atoms with Gasteiger partial charge in [-0.3, -0.25) is 15.0 Å². The summed E-state index contributed by atoms with van der Waals surface area (Å²) in [7, 11) is 2.13. The Morgan fingerprint density at radius 2 is 1.86 bits per heavy atom. The number of nitrogens with zero attached hydrogens (tertiary/aromatic N) is 7. The van der Waals surface area contributed by atoms with Crippen LogP contribution in [0.15, 0.2) is 79.4 Å². The molecule has 0 aliphatic carbocycles. The van der Waals surface area contributed by atoms with E-state index in [4.69, 9.17) is 0 Å². The fraction of sp³-hybridized carbons (Fsp3) is 0.241. The van der Waals surface area contributed by atoms with Gasteiger partial charge in [-0.1, -0.05) is 29.5 Å². The van der Waals surface area contributed by atoms with Gasteiger partial charge in [0, 0.05) is 66.1 Å². The largest absolute Gasteiger partial charge is 0.350 e. The Hall–Kier alpha value is -4.30. The van der Waals surface area contributed by atoms with Gasteiger partial charge in [0.05, 0.1) is 17.8 Å². The number of pyridine rings is 1. The van der Waals surface area contributed by atoms with Crippen LogP contribution in [-0.4, -0.2) is 52.7 Å². The first-order valence-corrected chi connectivity index (χ1v) is 12.8. The Labute approximate surface area is 214 Å². The number of H-pyrrole nitrogens is 1. The van der Waals surface area contributed by atoms with Crippen LogP contribution in [0.5, 0.6) is 0 Å². The molecule has 0 amide bonds. The zero-order valence-corrected chi connectivity index (χ0v) is 20.7. The number of piperidine rings is 1. The van der Waals surface area contributed by atoms with E-state index in [0.717, 1.165) is 65.9 Å². The molecule has 4 aromatic heterocycles. The Morgan fingerprint density at radius 1 is 0.973 bits per heavy atom. The van der Waals surface area contributed by atoms with Gasteiger partial charge >= 0.3 is 0 Å². The van der Waals surface area contributed by atoms with Crippen molar-refractivity contribution in [2.24, 2.45) is 7.05 Å². The molecule has 1 aliphatic heterocycles. The highest BCUT2D eigenvalue weighted by molar-refractivity contribution is 5.95. The quantitative estimate of drug-likeness (QED) is 0.360. The second kappa shape index (κ2) is 8.97. The van der Waals surface area contributed by atoms with Gasteiger partial charge in [-0.15, -0.1) is 5.10 Å². The van der Waals surface area contributed by atoms with Crippen LogP contribution in [0.25, 0.3) is 44.3 Å². The van der Waals surface area contributed by atoms with Crippen molar-refractivity contribution < 1.29 is 0 Å². The van der Waals surface area contributed by atoms with Gasteiger partial charge in [0.1, 0.15) is 11.4 Å². The monoisotopic (exact) mass is 488 g/mol. The molecule has 8 heteroatoms. The summed E-state index contributed by atoms with van der Waals surface area (Å²) in [4.78, 5) is 6.68. The number of para-hydroxylation sites is 1. The van der Waals surface area contributed by atoms with Crippen LogP contribution < -0.4 is 0 Å². The van der Waals surface area contributed by atoms with Crippen molar-refractivity contribution in [3.8, 4) is 22.5 Å². The second-order valence-electron chi connectivity index (χ2n) is 9.97. The van der Waals surface area contributed by atoms with Crippen LogP contribution in [0.3, 0.4) is 0 Å². The summed E-state index contributed by atoms with van der Waals surface area (Å²) in [5, 5.41) is 19.2. The summed E-state index contributed by atoms with van der Waals surface area (Å²) >= 11 is 0. The van der Waals surface area contributed by atoms with Crippen LogP contribution >= 0.6 is 0 Å². The maximum atomic E-state index is 4.56. The van der Waals surface area contributed by atoms with Crippen molar-refractivity contribution in [3.05, 3.63) is 84.9 Å². The molecule has 184 valence electrons. The Morgan fingerprint density at radius 3 is 2.78 bits per heavy atom. The lowest BCUT2D eigenvalue weighted by atomic mass is 10.0. The summed E-state index contributed by atoms with van der Waals surface area (Å²) in [6, 6.07) is 19.2. The lowest BCUT2D eigenvalue weighted by Gasteiger charge is -2.32. The molecule has 0 radical (unpaired) electrons. The third-order valence-electron chi connectivity index (χ3n) is 7.55. The van der Waals surface area contributed by atoms with Crippen molar-refractivity contribution in [2.45, 2.75) is 25.4 Å². The molecule has 1 atom stereocenters. The van der Waals surface area contributed by atoms with Gasteiger partial charge in [0.15, 0.2) is 0 Å². The Balaban J connectivity index is 1.12. The van der Waals surface area contributed by atoms with Crippen LogP contribution in [0.2, 0.25) is 0 Å². The van der Waals surface area contributed by atoms with Crippen molar-refractivity contribution >= 4 is 21.8 Å². The van der Waals surface area contributed by atoms with Crippen LogP contribution in [0.4, 0.5) is 0 Å². The highest BCUT2D eigenvalue weighted by Gasteiger charge is 2.24. The van der Waals surface area contributed by atoms with Gasteiger partial charge in [0.2, 0.25) is 0 Å². The van der Waals surface area contributed by atoms with E-state index in [2.05, 4.69) is 102 Å². The standard InChI is InChI=1S/C29H28N8/c1-35-16-22(24-6-2-3-7-28(24)35)17-36-14-4-5-23(18-36)37-19-27(32-34-37)21-8-9-26-25(15-21)29(33-31-26)20-10-12-30-13-11-20/h2-3,6-13,15-16,19,23H,4-5,14,17-18H2,1H3,(H,31,33)/t23-/m1/s1. The number of benzene rings is 2. The number of aromatic amines is 1. The van der Waals surface area contributed by atoms with E-state index in [1.165, 1.54) is 16.5 Å². The average molecular weight is 489 g/mol. The predicted octanol–water partition coefficient (Wildman–Crippen LogP) is 5.21. The molecular weight excluding hydrogens is 460 g/mol. The molecular formula is C29H28N8. The minimum absolute atomic E-state index is 0.315. The summed E-state index contributed by atoms with van der Waals surface area (Å²) < 4.78 is 4.29. The molecule has 7 rings (SSSR count). The number of hydrogen-bond acceptors (Lipinski definition) is 5. The molecule has 0 unspecified atom stereocenters. The first-order valence-electron chi connectivity index (χ1n) is 12.8. The molecule has 8 nitrogen and oxygen atoms in total. The molecule has 0 spiro atoms. The number of hydrogen-bond donors (Lipinski definition) is 1. The van der Waals surface area contributed by atoms with Gasteiger partial charge in [-0.05, 0) is 55.3 Å². The minimum atomic E-state index is 0.315. The van der Waals surface area contributed by atoms with E-state index in [9.17, 15) is 0 Å². The smallest absolute Gasteiger partial charge is 0.113 e. The van der Waals surface area contributed by atoms with Gasteiger partial charge in [-0.2, -0.15) is 5.10 Å². The van der Waals surface area contributed by atoms with E-state index in [0.29, 0.717) is 6.04 Å². The third-order valence-corrected chi connectivity index (χ3v) is 7.55. The SMILES string of the molecule is Cn1cc(CN2CCC[C@@H](n3cc(-c4ccc5[nH]nc(-c6ccncc6)c5c4)nn3)C2)c2ccccc21. The van der Waals surface area contributed by atoms with E-state index in [1.807, 2.05) is 12.1 Å². The topological polar surface area (TPSA) is 80.5 Å². The lowest BCUT2D eigenvalue weighted by Crippen LogP contribution is -2.36. The molecule has 1 N–H and O–H groups in total. The molecule has 1 saturated heterocycles. The summed E-state index contributed by atoms with van der Waals surface area (Å²) in [6.45, 7) is 3.03. The first kappa shape index (κ1) is 21.9. The second-order valence-corrected chi connectivity index (χ2v) is 9.97. The Kier molecular flexibility index (Phi) is 5.32. The minimum Gasteiger partial charge on any atom is -0.350 e. The molecule has 0 saturated carbocycles. The third kappa shape index (κ3) is 3.99. The Bertz CT molecular complexity index is 1690. The van der Waals surface area contributed by atoms with Crippen molar-refractivity contribution in [3.63, 3.8) is 0 Å². The molecule has 1 aliphatic rings. The number of aromatic nitrogens is 7. The summed E-state index contributed by atoms with van der Waals surface area (Å²) in [5.41, 5.74) is 7.55. The maximum absolute atomic E-state index is 4.56. The van der Waals surface area contributed by atoms with Crippen molar-refractivity contribution in [1.82, 2.24) is 39.6 Å². The number of aryl methyl sites for hydroxylation is 1.